The van der Waals surface area contributed by atoms with E-state index in [1.807, 2.05) is 30.3 Å². The van der Waals surface area contributed by atoms with Gasteiger partial charge in [0, 0.05) is 18.8 Å². The molecule has 20 heavy (non-hydrogen) atoms. The molecule has 5 nitrogen and oxygen atoms in total. The van der Waals surface area contributed by atoms with Crippen LogP contribution in [0.15, 0.2) is 34.9 Å². The van der Waals surface area contributed by atoms with Crippen LogP contribution in [0.2, 0.25) is 0 Å². The standard InChI is InChI=1S/C15H20N4O/c1-2-7-11-19(10-6-1)15-17-14(20-18-15)12-16-13-8-4-3-5-9-13/h3-5,8-9,16H,1-2,6-7,10-12H2. The zero-order chi connectivity index (χ0) is 13.6. The van der Waals surface area contributed by atoms with Crippen LogP contribution < -0.4 is 10.2 Å². The first-order valence-corrected chi connectivity index (χ1v) is 7.28. The molecule has 1 aromatic heterocycles. The van der Waals surface area contributed by atoms with Gasteiger partial charge in [-0.05, 0) is 30.1 Å². The van der Waals surface area contributed by atoms with E-state index in [4.69, 9.17) is 4.52 Å². The minimum Gasteiger partial charge on any atom is -0.376 e. The molecule has 3 rings (SSSR count). The van der Waals surface area contributed by atoms with Crippen LogP contribution in [-0.2, 0) is 6.54 Å². The lowest BCUT2D eigenvalue weighted by Crippen LogP contribution is -2.25. The average molecular weight is 272 g/mol. The molecule has 0 amide bonds. The maximum absolute atomic E-state index is 5.32. The molecule has 2 heterocycles. The van der Waals surface area contributed by atoms with E-state index in [9.17, 15) is 0 Å². The summed E-state index contributed by atoms with van der Waals surface area (Å²) in [5.41, 5.74) is 1.06. The molecule has 0 radical (unpaired) electrons. The van der Waals surface area contributed by atoms with Crippen LogP contribution >= 0.6 is 0 Å². The zero-order valence-electron chi connectivity index (χ0n) is 11.6. The van der Waals surface area contributed by atoms with Gasteiger partial charge in [0.1, 0.15) is 0 Å². The van der Waals surface area contributed by atoms with Crippen LogP contribution in [0.4, 0.5) is 11.6 Å². The molecule has 0 atom stereocenters. The number of hydrogen-bond acceptors (Lipinski definition) is 5. The van der Waals surface area contributed by atoms with Crippen molar-refractivity contribution >= 4 is 11.6 Å². The Morgan fingerprint density at radius 2 is 1.80 bits per heavy atom. The van der Waals surface area contributed by atoms with E-state index < -0.39 is 0 Å². The van der Waals surface area contributed by atoms with Gasteiger partial charge in [0.2, 0.25) is 5.89 Å². The first kappa shape index (κ1) is 13.0. The number of rotatable bonds is 4. The lowest BCUT2D eigenvalue weighted by Gasteiger charge is -2.16. The first-order valence-electron chi connectivity index (χ1n) is 7.28. The summed E-state index contributed by atoms with van der Waals surface area (Å²) in [6.07, 6.45) is 5.03. The molecule has 1 aromatic carbocycles. The predicted molar refractivity (Wildman–Crippen MR) is 78.7 cm³/mol. The van der Waals surface area contributed by atoms with E-state index in [2.05, 4.69) is 20.4 Å². The third-order valence-corrected chi connectivity index (χ3v) is 3.56. The van der Waals surface area contributed by atoms with Crippen molar-refractivity contribution in [2.45, 2.75) is 32.2 Å². The molecule has 0 saturated carbocycles. The molecule has 1 fully saturated rings. The summed E-state index contributed by atoms with van der Waals surface area (Å²) >= 11 is 0. The van der Waals surface area contributed by atoms with Gasteiger partial charge < -0.3 is 14.7 Å². The van der Waals surface area contributed by atoms with Gasteiger partial charge >= 0.3 is 0 Å². The van der Waals surface area contributed by atoms with E-state index in [1.54, 1.807) is 0 Å². The van der Waals surface area contributed by atoms with Crippen LogP contribution in [0.1, 0.15) is 31.6 Å². The van der Waals surface area contributed by atoms with Crippen molar-refractivity contribution in [1.29, 1.82) is 0 Å². The normalized spacial score (nSPS) is 15.9. The molecule has 106 valence electrons. The maximum Gasteiger partial charge on any atom is 0.266 e. The molecule has 0 bridgehead atoms. The van der Waals surface area contributed by atoms with Gasteiger partial charge in [-0.25, -0.2) is 0 Å². The van der Waals surface area contributed by atoms with Crippen molar-refractivity contribution < 1.29 is 4.52 Å². The largest absolute Gasteiger partial charge is 0.376 e. The highest BCUT2D eigenvalue weighted by Gasteiger charge is 2.15. The van der Waals surface area contributed by atoms with E-state index >= 15 is 0 Å². The number of hydrogen-bond donors (Lipinski definition) is 1. The quantitative estimate of drug-likeness (QED) is 0.927. The summed E-state index contributed by atoms with van der Waals surface area (Å²) in [5.74, 6) is 1.37. The Kier molecular flexibility index (Phi) is 4.16. The Hall–Kier alpha value is -2.04. The highest BCUT2D eigenvalue weighted by Crippen LogP contribution is 2.16. The van der Waals surface area contributed by atoms with Crippen molar-refractivity contribution in [3.63, 3.8) is 0 Å². The second kappa shape index (κ2) is 6.41. The number of para-hydroxylation sites is 1. The third kappa shape index (κ3) is 3.29. The van der Waals surface area contributed by atoms with E-state index in [-0.39, 0.29) is 0 Å². The van der Waals surface area contributed by atoms with Gasteiger partial charge in [0.15, 0.2) is 0 Å². The minimum atomic E-state index is 0.560. The Balaban J connectivity index is 1.58. The average Bonchev–Trinajstić information content (AvgIpc) is 2.80. The Morgan fingerprint density at radius 1 is 1.05 bits per heavy atom. The summed E-state index contributed by atoms with van der Waals surface area (Å²) in [5, 5.41) is 7.37. The molecule has 0 aliphatic carbocycles. The molecule has 1 N–H and O–H groups in total. The molecule has 1 aliphatic heterocycles. The molecule has 0 spiro atoms. The van der Waals surface area contributed by atoms with Crippen LogP contribution in [0.25, 0.3) is 0 Å². The second-order valence-electron chi connectivity index (χ2n) is 5.11. The maximum atomic E-state index is 5.32. The van der Waals surface area contributed by atoms with Gasteiger partial charge in [-0.15, -0.1) is 0 Å². The lowest BCUT2D eigenvalue weighted by molar-refractivity contribution is 0.382. The highest BCUT2D eigenvalue weighted by molar-refractivity contribution is 5.42. The number of nitrogens with one attached hydrogen (secondary N) is 1. The van der Waals surface area contributed by atoms with Gasteiger partial charge in [0.25, 0.3) is 5.95 Å². The Labute approximate surface area is 119 Å². The van der Waals surface area contributed by atoms with Gasteiger partial charge in [-0.1, -0.05) is 31.0 Å². The number of anilines is 2. The fraction of sp³-hybridized carbons (Fsp3) is 0.467. The molecular formula is C15H20N4O. The summed E-state index contributed by atoms with van der Waals surface area (Å²) in [4.78, 5) is 6.70. The molecule has 1 aliphatic rings. The third-order valence-electron chi connectivity index (χ3n) is 3.56. The topological polar surface area (TPSA) is 54.2 Å². The van der Waals surface area contributed by atoms with E-state index in [0.29, 0.717) is 12.4 Å². The fourth-order valence-corrected chi connectivity index (χ4v) is 2.45. The molecule has 1 saturated heterocycles. The van der Waals surface area contributed by atoms with Crippen molar-refractivity contribution in [3.8, 4) is 0 Å². The Bertz CT molecular complexity index is 518. The van der Waals surface area contributed by atoms with E-state index in [1.165, 1.54) is 25.7 Å². The van der Waals surface area contributed by atoms with Crippen LogP contribution in [-0.4, -0.2) is 23.2 Å². The van der Waals surface area contributed by atoms with Crippen molar-refractivity contribution in [2.24, 2.45) is 0 Å². The number of benzene rings is 1. The summed E-state index contributed by atoms with van der Waals surface area (Å²) in [6.45, 7) is 2.63. The van der Waals surface area contributed by atoms with Crippen molar-refractivity contribution in [3.05, 3.63) is 36.2 Å². The van der Waals surface area contributed by atoms with Crippen molar-refractivity contribution in [2.75, 3.05) is 23.3 Å². The van der Waals surface area contributed by atoms with Crippen LogP contribution in [0, 0.1) is 0 Å². The molecule has 2 aromatic rings. The number of aromatic nitrogens is 2. The van der Waals surface area contributed by atoms with E-state index in [0.717, 1.165) is 24.7 Å². The van der Waals surface area contributed by atoms with Gasteiger partial charge in [-0.3, -0.25) is 0 Å². The summed E-state index contributed by atoms with van der Waals surface area (Å²) < 4.78 is 5.32. The van der Waals surface area contributed by atoms with Gasteiger partial charge in [-0.2, -0.15) is 4.98 Å². The second-order valence-corrected chi connectivity index (χ2v) is 5.11. The smallest absolute Gasteiger partial charge is 0.266 e. The summed E-state index contributed by atoms with van der Waals surface area (Å²) in [7, 11) is 0. The Morgan fingerprint density at radius 3 is 2.55 bits per heavy atom. The van der Waals surface area contributed by atoms with Gasteiger partial charge in [0.05, 0.1) is 6.54 Å². The summed E-state index contributed by atoms with van der Waals surface area (Å²) in [6, 6.07) is 10.0. The fourth-order valence-electron chi connectivity index (χ4n) is 2.45. The van der Waals surface area contributed by atoms with Crippen LogP contribution in [0.5, 0.6) is 0 Å². The zero-order valence-corrected chi connectivity index (χ0v) is 11.6. The monoisotopic (exact) mass is 272 g/mol. The first-order chi connectivity index (χ1) is 9.92. The minimum absolute atomic E-state index is 0.560. The van der Waals surface area contributed by atoms with Crippen LogP contribution in [0.3, 0.4) is 0 Å². The number of nitrogens with zero attached hydrogens (tertiary/aromatic N) is 3. The molecular weight excluding hydrogens is 252 g/mol. The van der Waals surface area contributed by atoms with Crippen molar-refractivity contribution in [1.82, 2.24) is 10.1 Å². The SMILES string of the molecule is c1ccc(NCc2nc(N3CCCCCC3)no2)cc1. The predicted octanol–water partition coefficient (Wildman–Crippen LogP) is 3.06. The molecule has 0 unspecified atom stereocenters. The molecule has 5 heteroatoms. The lowest BCUT2D eigenvalue weighted by atomic mass is 10.2. The highest BCUT2D eigenvalue weighted by atomic mass is 16.5.